The maximum atomic E-state index is 14.1. The molecule has 1 aliphatic heterocycles. The van der Waals surface area contributed by atoms with Crippen molar-refractivity contribution >= 4 is 34.7 Å². The zero-order valence-corrected chi connectivity index (χ0v) is 12.2. The fraction of sp³-hybridized carbons (Fsp3) is 0.462. The summed E-state index contributed by atoms with van der Waals surface area (Å²) in [6, 6.07) is 4.98. The van der Waals surface area contributed by atoms with E-state index in [9.17, 15) is 4.39 Å². The van der Waals surface area contributed by atoms with Crippen LogP contribution in [0.4, 0.5) is 10.1 Å². The lowest BCUT2D eigenvalue weighted by atomic mass is 10.1. The second-order valence-electron chi connectivity index (χ2n) is 5.06. The van der Waals surface area contributed by atoms with Gasteiger partial charge in [-0.15, -0.1) is 0 Å². The van der Waals surface area contributed by atoms with E-state index >= 15 is 0 Å². The summed E-state index contributed by atoms with van der Waals surface area (Å²) in [5.74, 6) is 0.770. The summed E-state index contributed by atoms with van der Waals surface area (Å²) in [5.41, 5.74) is 6.72. The molecule has 1 aromatic rings. The highest BCUT2D eigenvalue weighted by atomic mass is 32.2. The molecule has 5 heteroatoms. The van der Waals surface area contributed by atoms with E-state index in [0.717, 1.165) is 18.8 Å². The molecule has 0 aromatic heterocycles. The molecule has 0 unspecified atom stereocenters. The zero-order valence-electron chi connectivity index (χ0n) is 10.6. The predicted molar refractivity (Wildman–Crippen MR) is 81.0 cm³/mol. The number of benzene rings is 1. The third kappa shape index (κ3) is 2.95. The number of thioether (sulfide) groups is 1. The van der Waals surface area contributed by atoms with Crippen LogP contribution in [-0.4, -0.2) is 28.6 Å². The third-order valence-corrected chi connectivity index (χ3v) is 4.53. The summed E-state index contributed by atoms with van der Waals surface area (Å²) in [7, 11) is 0. The summed E-state index contributed by atoms with van der Waals surface area (Å²) in [4.78, 5) is 2.32. The Labute approximate surface area is 117 Å². The summed E-state index contributed by atoms with van der Waals surface area (Å²) in [5, 5.41) is 0. The van der Waals surface area contributed by atoms with Crippen molar-refractivity contribution in [1.29, 1.82) is 0 Å². The molecule has 0 saturated carbocycles. The summed E-state index contributed by atoms with van der Waals surface area (Å²) >= 11 is 6.78. The molecule has 2 nitrogen and oxygen atoms in total. The minimum absolute atomic E-state index is 0.159. The van der Waals surface area contributed by atoms with Gasteiger partial charge in [0.25, 0.3) is 0 Å². The maximum absolute atomic E-state index is 14.1. The fourth-order valence-electron chi connectivity index (χ4n) is 2.14. The highest BCUT2D eigenvalue weighted by Gasteiger charge is 2.28. The fourth-order valence-corrected chi connectivity index (χ4v) is 3.38. The van der Waals surface area contributed by atoms with Crippen molar-refractivity contribution in [1.82, 2.24) is 0 Å². The van der Waals surface area contributed by atoms with Crippen molar-refractivity contribution in [2.24, 2.45) is 5.73 Å². The van der Waals surface area contributed by atoms with Crippen LogP contribution in [0.3, 0.4) is 0 Å². The Morgan fingerprint density at radius 3 is 2.78 bits per heavy atom. The molecule has 18 heavy (non-hydrogen) atoms. The molecule has 1 heterocycles. The van der Waals surface area contributed by atoms with Gasteiger partial charge in [0, 0.05) is 29.2 Å². The minimum Gasteiger partial charge on any atom is -0.389 e. The molecule has 98 valence electrons. The normalized spacial score (nSPS) is 18.7. The van der Waals surface area contributed by atoms with E-state index in [0.29, 0.717) is 11.3 Å². The van der Waals surface area contributed by atoms with Crippen LogP contribution in [0.15, 0.2) is 18.2 Å². The average Bonchev–Trinajstić information content (AvgIpc) is 2.27. The lowest BCUT2D eigenvalue weighted by Gasteiger charge is -2.39. The van der Waals surface area contributed by atoms with E-state index in [1.807, 2.05) is 11.8 Å². The molecule has 0 amide bonds. The van der Waals surface area contributed by atoms with Crippen molar-refractivity contribution < 1.29 is 4.39 Å². The van der Waals surface area contributed by atoms with Gasteiger partial charge in [0.2, 0.25) is 0 Å². The maximum Gasteiger partial charge on any atom is 0.147 e. The minimum atomic E-state index is -0.247. The Balaban J connectivity index is 2.26. The topological polar surface area (TPSA) is 29.3 Å². The SMILES string of the molecule is CC1(C)CN(c2ccc(C(N)=S)cc2F)CCS1. The molecule has 1 aromatic carbocycles. The van der Waals surface area contributed by atoms with Crippen LogP contribution in [0.2, 0.25) is 0 Å². The van der Waals surface area contributed by atoms with E-state index in [-0.39, 0.29) is 15.6 Å². The molecule has 0 bridgehead atoms. The molecule has 1 fully saturated rings. The molecule has 0 aliphatic carbocycles. The number of thiocarbonyl (C=S) groups is 1. The van der Waals surface area contributed by atoms with Crippen LogP contribution in [0.1, 0.15) is 19.4 Å². The van der Waals surface area contributed by atoms with E-state index in [2.05, 4.69) is 18.7 Å². The number of anilines is 1. The Morgan fingerprint density at radius 1 is 1.50 bits per heavy atom. The van der Waals surface area contributed by atoms with Crippen molar-refractivity contribution in [2.45, 2.75) is 18.6 Å². The van der Waals surface area contributed by atoms with E-state index in [1.165, 1.54) is 6.07 Å². The van der Waals surface area contributed by atoms with Crippen molar-refractivity contribution in [3.8, 4) is 0 Å². The molecular formula is C13H17FN2S2. The van der Waals surface area contributed by atoms with Gasteiger partial charge < -0.3 is 10.6 Å². The first-order chi connectivity index (χ1) is 8.39. The highest BCUT2D eigenvalue weighted by molar-refractivity contribution is 8.00. The van der Waals surface area contributed by atoms with Gasteiger partial charge in [0.05, 0.1) is 5.69 Å². The molecule has 0 spiro atoms. The van der Waals surface area contributed by atoms with E-state index in [4.69, 9.17) is 18.0 Å². The first-order valence-corrected chi connectivity index (χ1v) is 7.27. The number of rotatable bonds is 2. The van der Waals surface area contributed by atoms with Gasteiger partial charge >= 0.3 is 0 Å². The third-order valence-electron chi connectivity index (χ3n) is 3.00. The van der Waals surface area contributed by atoms with Crippen LogP contribution < -0.4 is 10.6 Å². The monoisotopic (exact) mass is 284 g/mol. The van der Waals surface area contributed by atoms with Crippen LogP contribution >= 0.6 is 24.0 Å². The first kappa shape index (κ1) is 13.6. The van der Waals surface area contributed by atoms with Gasteiger partial charge in [-0.1, -0.05) is 12.2 Å². The Morgan fingerprint density at radius 2 is 2.22 bits per heavy atom. The van der Waals surface area contributed by atoms with Crippen molar-refractivity contribution in [3.63, 3.8) is 0 Å². The van der Waals surface area contributed by atoms with Crippen molar-refractivity contribution in [3.05, 3.63) is 29.6 Å². The number of hydrogen-bond donors (Lipinski definition) is 1. The van der Waals surface area contributed by atoms with Gasteiger partial charge in [-0.3, -0.25) is 0 Å². The van der Waals surface area contributed by atoms with Crippen LogP contribution in [0.25, 0.3) is 0 Å². The number of nitrogens with zero attached hydrogens (tertiary/aromatic N) is 1. The summed E-state index contributed by atoms with van der Waals surface area (Å²) in [6.07, 6.45) is 0. The highest BCUT2D eigenvalue weighted by Crippen LogP contribution is 2.33. The molecule has 1 saturated heterocycles. The predicted octanol–water partition coefficient (Wildman–Crippen LogP) is 2.79. The average molecular weight is 284 g/mol. The molecular weight excluding hydrogens is 267 g/mol. The Hall–Kier alpha value is -0.810. The van der Waals surface area contributed by atoms with Crippen LogP contribution in [0, 0.1) is 5.82 Å². The van der Waals surface area contributed by atoms with Gasteiger partial charge in [-0.25, -0.2) is 4.39 Å². The summed E-state index contributed by atoms with van der Waals surface area (Å²) in [6.45, 7) is 6.09. The number of nitrogens with two attached hydrogens (primary N) is 1. The van der Waals surface area contributed by atoms with Gasteiger partial charge in [-0.2, -0.15) is 11.8 Å². The molecule has 0 radical (unpaired) electrons. The molecule has 0 atom stereocenters. The molecule has 2 N–H and O–H groups in total. The molecule has 1 aliphatic rings. The number of hydrogen-bond acceptors (Lipinski definition) is 3. The number of halogens is 1. The lowest BCUT2D eigenvalue weighted by molar-refractivity contribution is 0.597. The van der Waals surface area contributed by atoms with Gasteiger partial charge in [-0.05, 0) is 32.0 Å². The first-order valence-electron chi connectivity index (χ1n) is 5.87. The van der Waals surface area contributed by atoms with Gasteiger partial charge in [0.1, 0.15) is 10.8 Å². The van der Waals surface area contributed by atoms with E-state index in [1.54, 1.807) is 12.1 Å². The van der Waals surface area contributed by atoms with Crippen molar-refractivity contribution in [2.75, 3.05) is 23.7 Å². The Kier molecular flexibility index (Phi) is 3.82. The van der Waals surface area contributed by atoms with E-state index < -0.39 is 0 Å². The van der Waals surface area contributed by atoms with Crippen LogP contribution in [-0.2, 0) is 0 Å². The second kappa shape index (κ2) is 5.05. The largest absolute Gasteiger partial charge is 0.389 e. The summed E-state index contributed by atoms with van der Waals surface area (Å²) < 4.78 is 14.2. The standard InChI is InChI=1S/C13H17FN2S2/c1-13(2)8-16(5-6-18-13)11-4-3-9(12(15)17)7-10(11)14/h3-4,7H,5-6,8H2,1-2H3,(H2,15,17). The zero-order chi connectivity index (χ0) is 13.3. The quantitative estimate of drug-likeness (QED) is 0.846. The molecule has 2 rings (SSSR count). The smallest absolute Gasteiger partial charge is 0.147 e. The van der Waals surface area contributed by atoms with Gasteiger partial charge in [0.15, 0.2) is 0 Å². The second-order valence-corrected chi connectivity index (χ2v) is 7.30. The van der Waals surface area contributed by atoms with Crippen LogP contribution in [0.5, 0.6) is 0 Å². The Bertz CT molecular complexity index is 474. The lowest BCUT2D eigenvalue weighted by Crippen LogP contribution is -2.43.